The van der Waals surface area contributed by atoms with Crippen LogP contribution < -0.4 is 9.62 Å². The van der Waals surface area contributed by atoms with Crippen LogP contribution in [-0.4, -0.2) is 43.8 Å². The lowest BCUT2D eigenvalue weighted by molar-refractivity contribution is 0.0977. The van der Waals surface area contributed by atoms with Gasteiger partial charge in [-0.25, -0.2) is 31.2 Å². The van der Waals surface area contributed by atoms with Gasteiger partial charge >= 0.3 is 0 Å². The zero-order chi connectivity index (χ0) is 24.1. The van der Waals surface area contributed by atoms with Crippen LogP contribution in [0.15, 0.2) is 59.6 Å². The lowest BCUT2D eigenvalue weighted by Gasteiger charge is -2.25. The van der Waals surface area contributed by atoms with E-state index in [2.05, 4.69) is 4.98 Å². The first-order chi connectivity index (χ1) is 16.1. The number of hydrogen-bond donors (Lipinski definition) is 1. The smallest absolute Gasteiger partial charge is 0.283 e. The second-order valence-electron chi connectivity index (χ2n) is 8.26. The van der Waals surface area contributed by atoms with E-state index in [-0.39, 0.29) is 11.6 Å². The number of amides is 1. The molecule has 34 heavy (non-hydrogen) atoms. The number of carbonyl (C=O) groups is 1. The van der Waals surface area contributed by atoms with E-state index >= 15 is 0 Å². The van der Waals surface area contributed by atoms with E-state index in [0.29, 0.717) is 16.7 Å². The minimum atomic E-state index is -3.83. The molecule has 1 amide bonds. The van der Waals surface area contributed by atoms with Crippen molar-refractivity contribution in [3.63, 3.8) is 0 Å². The third kappa shape index (κ3) is 4.21. The average molecular weight is 500 g/mol. The summed E-state index contributed by atoms with van der Waals surface area (Å²) in [7, 11) is -7.31. The minimum Gasteiger partial charge on any atom is -0.322 e. The number of aromatic nitrogens is 3. The van der Waals surface area contributed by atoms with E-state index in [9.17, 15) is 21.6 Å². The number of fused-ring (bicyclic) bond motifs is 1. The predicted molar refractivity (Wildman–Crippen MR) is 127 cm³/mol. The van der Waals surface area contributed by atoms with Gasteiger partial charge in [-0.1, -0.05) is 24.6 Å². The summed E-state index contributed by atoms with van der Waals surface area (Å²) in [6.45, 7) is 0. The van der Waals surface area contributed by atoms with Crippen molar-refractivity contribution in [1.82, 2.24) is 19.5 Å². The molecule has 12 heteroatoms. The van der Waals surface area contributed by atoms with Gasteiger partial charge in [0, 0.05) is 18.3 Å². The monoisotopic (exact) mass is 499 g/mol. The maximum atomic E-state index is 12.8. The molecule has 1 aliphatic carbocycles. The highest BCUT2D eigenvalue weighted by Crippen LogP contribution is 2.43. The Hall–Kier alpha value is -3.51. The fourth-order valence-corrected chi connectivity index (χ4v) is 5.07. The molecule has 0 atom stereocenters. The average Bonchev–Trinajstić information content (AvgIpc) is 3.10. The normalized spacial score (nSPS) is 17.6. The van der Waals surface area contributed by atoms with Crippen molar-refractivity contribution in [2.24, 2.45) is 0 Å². The largest absolute Gasteiger partial charge is 0.322 e. The van der Waals surface area contributed by atoms with Crippen LogP contribution >= 0.6 is 0 Å². The SMILES string of the molecule is CS(=O)(=O)NC(=O)c1cc(N2C=CS(=O)(=O)C=C2)c2c(C3CCC3)nn(-c3ccccc3)c2n1. The lowest BCUT2D eigenvalue weighted by atomic mass is 9.82. The van der Waals surface area contributed by atoms with E-state index in [1.807, 2.05) is 35.1 Å². The van der Waals surface area contributed by atoms with Gasteiger partial charge in [-0.15, -0.1) is 0 Å². The number of nitrogens with one attached hydrogen (secondary N) is 1. The number of sulfonamides is 1. The van der Waals surface area contributed by atoms with Crippen molar-refractivity contribution < 1.29 is 21.6 Å². The number of nitrogens with zero attached hydrogens (tertiary/aromatic N) is 4. The molecule has 1 N–H and O–H groups in total. The summed E-state index contributed by atoms with van der Waals surface area (Å²) < 4.78 is 50.7. The van der Waals surface area contributed by atoms with Gasteiger partial charge in [0.25, 0.3) is 5.91 Å². The minimum absolute atomic E-state index is 0.139. The Morgan fingerprint density at radius 1 is 1.12 bits per heavy atom. The van der Waals surface area contributed by atoms with Gasteiger partial charge in [-0.05, 0) is 31.0 Å². The van der Waals surface area contributed by atoms with Gasteiger partial charge < -0.3 is 4.90 Å². The number of carbonyl (C=O) groups excluding carboxylic acids is 1. The van der Waals surface area contributed by atoms with E-state index in [1.54, 1.807) is 9.58 Å². The van der Waals surface area contributed by atoms with Crippen molar-refractivity contribution in [3.8, 4) is 5.69 Å². The number of sulfone groups is 1. The number of anilines is 1. The highest BCUT2D eigenvalue weighted by molar-refractivity contribution is 7.97. The first kappa shape index (κ1) is 22.3. The van der Waals surface area contributed by atoms with Gasteiger partial charge in [0.2, 0.25) is 10.0 Å². The lowest BCUT2D eigenvalue weighted by Crippen LogP contribution is -2.30. The topological polar surface area (TPSA) is 131 Å². The molecule has 0 saturated heterocycles. The molecular weight excluding hydrogens is 478 g/mol. The second-order valence-corrected chi connectivity index (χ2v) is 11.7. The van der Waals surface area contributed by atoms with Crippen molar-refractivity contribution in [2.45, 2.75) is 25.2 Å². The molecular formula is C22H21N5O5S2. The molecule has 1 fully saturated rings. The summed E-state index contributed by atoms with van der Waals surface area (Å²) in [6.07, 6.45) is 6.63. The Kier molecular flexibility index (Phi) is 5.29. The first-order valence-electron chi connectivity index (χ1n) is 10.5. The van der Waals surface area contributed by atoms with Crippen LogP contribution in [0.1, 0.15) is 41.4 Å². The summed E-state index contributed by atoms with van der Waals surface area (Å²) in [5.41, 5.74) is 2.25. The molecule has 176 valence electrons. The van der Waals surface area contributed by atoms with E-state index in [0.717, 1.165) is 47.7 Å². The molecule has 0 bridgehead atoms. The Labute approximate surface area is 196 Å². The van der Waals surface area contributed by atoms with Crippen molar-refractivity contribution in [1.29, 1.82) is 0 Å². The molecule has 0 spiro atoms. The van der Waals surface area contributed by atoms with Gasteiger partial charge in [0.15, 0.2) is 15.5 Å². The molecule has 1 aromatic carbocycles. The highest BCUT2D eigenvalue weighted by atomic mass is 32.2. The molecule has 1 saturated carbocycles. The Bertz CT molecular complexity index is 1550. The van der Waals surface area contributed by atoms with Crippen LogP contribution in [0, 0.1) is 0 Å². The van der Waals surface area contributed by atoms with Crippen LogP contribution in [0.4, 0.5) is 5.69 Å². The van der Waals surface area contributed by atoms with Crippen LogP contribution in [-0.2, 0) is 19.9 Å². The predicted octanol–water partition coefficient (Wildman–Crippen LogP) is 2.55. The van der Waals surface area contributed by atoms with Crippen LogP contribution in [0.2, 0.25) is 0 Å². The summed E-state index contributed by atoms with van der Waals surface area (Å²) in [6, 6.07) is 10.7. The molecule has 2 aromatic heterocycles. The van der Waals surface area contributed by atoms with Gasteiger partial charge in [-0.2, -0.15) is 5.10 Å². The van der Waals surface area contributed by atoms with Crippen LogP contribution in [0.3, 0.4) is 0 Å². The standard InChI is InChI=1S/C22H21N5O5S2/c1-33(29,30)25-22(28)17-14-18(26-10-12-34(31,32)13-11-26)19-20(15-6-5-7-15)24-27(21(19)23-17)16-8-3-2-4-9-16/h2-4,8-15H,5-7H2,1H3,(H,25,28). The van der Waals surface area contributed by atoms with E-state index in [4.69, 9.17) is 5.10 Å². The maximum Gasteiger partial charge on any atom is 0.283 e. The molecule has 2 aliphatic rings. The third-order valence-electron chi connectivity index (χ3n) is 5.75. The van der Waals surface area contributed by atoms with Gasteiger partial charge in [-0.3, -0.25) is 4.79 Å². The Morgan fingerprint density at radius 3 is 2.38 bits per heavy atom. The Morgan fingerprint density at radius 2 is 1.79 bits per heavy atom. The van der Waals surface area contributed by atoms with Crippen LogP contribution in [0.25, 0.3) is 16.7 Å². The zero-order valence-electron chi connectivity index (χ0n) is 18.1. The summed E-state index contributed by atoms with van der Waals surface area (Å²) >= 11 is 0. The molecule has 0 radical (unpaired) electrons. The number of para-hydroxylation sites is 1. The second kappa shape index (κ2) is 8.06. The van der Waals surface area contributed by atoms with E-state index in [1.165, 1.54) is 18.5 Å². The molecule has 0 unspecified atom stereocenters. The summed E-state index contributed by atoms with van der Waals surface area (Å²) in [5, 5.41) is 7.64. The van der Waals surface area contributed by atoms with Gasteiger partial charge in [0.1, 0.15) is 5.69 Å². The molecule has 1 aliphatic heterocycles. The zero-order valence-corrected chi connectivity index (χ0v) is 19.8. The number of rotatable bonds is 5. The van der Waals surface area contributed by atoms with Crippen LogP contribution in [0.5, 0.6) is 0 Å². The fraction of sp³-hybridized carbons (Fsp3) is 0.227. The van der Waals surface area contributed by atoms with Crippen molar-refractivity contribution in [2.75, 3.05) is 11.2 Å². The number of hydrogen-bond acceptors (Lipinski definition) is 8. The van der Waals surface area contributed by atoms with E-state index < -0.39 is 25.8 Å². The summed E-state index contributed by atoms with van der Waals surface area (Å²) in [5.74, 6) is -0.695. The molecule has 3 aromatic rings. The quantitative estimate of drug-likeness (QED) is 0.567. The molecule has 10 nitrogen and oxygen atoms in total. The Balaban J connectivity index is 1.79. The fourth-order valence-electron chi connectivity index (χ4n) is 3.94. The molecule has 5 rings (SSSR count). The third-order valence-corrected chi connectivity index (χ3v) is 7.31. The summed E-state index contributed by atoms with van der Waals surface area (Å²) in [4.78, 5) is 18.8. The first-order valence-corrected chi connectivity index (χ1v) is 14.0. The number of pyridine rings is 1. The van der Waals surface area contributed by atoms with Crippen molar-refractivity contribution >= 4 is 42.5 Å². The van der Waals surface area contributed by atoms with Gasteiger partial charge in [0.05, 0.1) is 39.5 Å². The maximum absolute atomic E-state index is 12.8. The number of benzene rings is 1. The molecule has 3 heterocycles. The van der Waals surface area contributed by atoms with Crippen molar-refractivity contribution in [3.05, 3.63) is 71.0 Å². The highest BCUT2D eigenvalue weighted by Gasteiger charge is 2.30.